The molecule has 0 saturated heterocycles. The predicted octanol–water partition coefficient (Wildman–Crippen LogP) is 3.38. The third kappa shape index (κ3) is 2.55. The van der Waals surface area contributed by atoms with E-state index in [1.807, 2.05) is 12.2 Å². The van der Waals surface area contributed by atoms with E-state index in [9.17, 15) is 4.79 Å². The number of hydrogen-bond acceptors (Lipinski definition) is 2. The van der Waals surface area contributed by atoms with Crippen molar-refractivity contribution in [3.05, 3.63) is 23.5 Å². The molecule has 0 spiro atoms. The molecule has 0 bridgehead atoms. The zero-order chi connectivity index (χ0) is 11.8. The van der Waals surface area contributed by atoms with Crippen LogP contribution in [0.1, 0.15) is 46.5 Å². The van der Waals surface area contributed by atoms with Crippen LogP contribution in [-0.4, -0.2) is 11.4 Å². The van der Waals surface area contributed by atoms with Gasteiger partial charge in [0.15, 0.2) is 5.78 Å². The van der Waals surface area contributed by atoms with Crippen molar-refractivity contribution in [1.82, 2.24) is 0 Å². The molecule has 1 fully saturated rings. The minimum Gasteiger partial charge on any atom is -0.492 e. The Morgan fingerprint density at radius 3 is 2.75 bits per heavy atom. The lowest BCUT2D eigenvalue weighted by molar-refractivity contribution is -0.117. The maximum atomic E-state index is 11.7. The maximum absolute atomic E-state index is 11.7. The lowest BCUT2D eigenvalue weighted by atomic mass is 9.78. The van der Waals surface area contributed by atoms with Gasteiger partial charge >= 0.3 is 0 Å². The number of allylic oxidation sites excluding steroid dienone is 4. The fourth-order valence-corrected chi connectivity index (χ4v) is 2.44. The van der Waals surface area contributed by atoms with Gasteiger partial charge < -0.3 is 4.74 Å². The monoisotopic (exact) mass is 220 g/mol. The molecule has 0 heterocycles. The van der Waals surface area contributed by atoms with E-state index in [1.165, 1.54) is 0 Å². The van der Waals surface area contributed by atoms with E-state index in [2.05, 4.69) is 20.8 Å². The number of hydrogen-bond donors (Lipinski definition) is 0. The first-order valence-corrected chi connectivity index (χ1v) is 6.09. The molecule has 2 heteroatoms. The van der Waals surface area contributed by atoms with Crippen LogP contribution in [-0.2, 0) is 9.53 Å². The van der Waals surface area contributed by atoms with Crippen molar-refractivity contribution < 1.29 is 9.53 Å². The van der Waals surface area contributed by atoms with E-state index >= 15 is 0 Å². The minimum atomic E-state index is -0.143. The standard InChI is InChI=1S/C14H20O2/c1-14(2,3)16-11-7-8-12-10(9-11)5-4-6-13(12)15/h7-8,10H,4-6,9H2,1-3H3. The number of rotatable bonds is 1. The van der Waals surface area contributed by atoms with E-state index in [4.69, 9.17) is 4.74 Å². The Morgan fingerprint density at radius 1 is 1.31 bits per heavy atom. The Labute approximate surface area is 97.4 Å². The second kappa shape index (κ2) is 4.08. The van der Waals surface area contributed by atoms with Gasteiger partial charge in [0.1, 0.15) is 5.60 Å². The van der Waals surface area contributed by atoms with Crippen LogP contribution in [0, 0.1) is 5.92 Å². The molecule has 0 aromatic heterocycles. The third-order valence-corrected chi connectivity index (χ3v) is 3.05. The minimum absolute atomic E-state index is 0.143. The van der Waals surface area contributed by atoms with Crippen LogP contribution >= 0.6 is 0 Å². The van der Waals surface area contributed by atoms with Gasteiger partial charge in [0.25, 0.3) is 0 Å². The van der Waals surface area contributed by atoms with Gasteiger partial charge in [-0.25, -0.2) is 0 Å². The summed E-state index contributed by atoms with van der Waals surface area (Å²) >= 11 is 0. The summed E-state index contributed by atoms with van der Waals surface area (Å²) in [6.07, 6.45) is 7.73. The summed E-state index contributed by atoms with van der Waals surface area (Å²) in [7, 11) is 0. The highest BCUT2D eigenvalue weighted by molar-refractivity contribution is 5.97. The fourth-order valence-electron chi connectivity index (χ4n) is 2.44. The highest BCUT2D eigenvalue weighted by Gasteiger charge is 2.29. The van der Waals surface area contributed by atoms with E-state index in [1.54, 1.807) is 0 Å². The molecule has 0 N–H and O–H groups in total. The zero-order valence-corrected chi connectivity index (χ0v) is 10.4. The average Bonchev–Trinajstić information content (AvgIpc) is 2.15. The highest BCUT2D eigenvalue weighted by atomic mass is 16.5. The van der Waals surface area contributed by atoms with Crippen molar-refractivity contribution in [2.45, 2.75) is 52.1 Å². The predicted molar refractivity (Wildman–Crippen MR) is 64.0 cm³/mol. The third-order valence-electron chi connectivity index (χ3n) is 3.05. The van der Waals surface area contributed by atoms with Gasteiger partial charge in [-0.05, 0) is 51.2 Å². The molecular formula is C14H20O2. The van der Waals surface area contributed by atoms with E-state index in [-0.39, 0.29) is 5.60 Å². The van der Waals surface area contributed by atoms with Crippen LogP contribution < -0.4 is 0 Å². The molecule has 1 saturated carbocycles. The number of carbonyl (C=O) groups is 1. The zero-order valence-electron chi connectivity index (χ0n) is 10.4. The number of ketones is 1. The molecule has 0 aromatic carbocycles. The van der Waals surface area contributed by atoms with E-state index in [0.717, 1.165) is 37.0 Å². The lowest BCUT2D eigenvalue weighted by Crippen LogP contribution is -2.25. The van der Waals surface area contributed by atoms with Crippen LogP contribution in [0.2, 0.25) is 0 Å². The summed E-state index contributed by atoms with van der Waals surface area (Å²) in [5.74, 6) is 1.77. The van der Waals surface area contributed by atoms with E-state index < -0.39 is 0 Å². The Bertz CT molecular complexity index is 355. The molecule has 88 valence electrons. The second-order valence-corrected chi connectivity index (χ2v) is 5.69. The topological polar surface area (TPSA) is 26.3 Å². The van der Waals surface area contributed by atoms with Gasteiger partial charge in [0.2, 0.25) is 0 Å². The molecule has 1 unspecified atom stereocenters. The number of Topliss-reactive ketones (excluding diaryl/α,β-unsaturated/α-hetero) is 1. The molecular weight excluding hydrogens is 200 g/mol. The molecule has 0 radical (unpaired) electrons. The van der Waals surface area contributed by atoms with Crippen LogP contribution in [0.3, 0.4) is 0 Å². The molecule has 2 nitrogen and oxygen atoms in total. The first-order valence-electron chi connectivity index (χ1n) is 6.09. The van der Waals surface area contributed by atoms with Gasteiger partial charge in [0.05, 0.1) is 5.76 Å². The maximum Gasteiger partial charge on any atom is 0.159 e. The van der Waals surface area contributed by atoms with Crippen LogP contribution in [0.4, 0.5) is 0 Å². The summed E-state index contributed by atoms with van der Waals surface area (Å²) in [4.78, 5) is 11.7. The Kier molecular flexibility index (Phi) is 2.92. The quantitative estimate of drug-likeness (QED) is 0.677. The van der Waals surface area contributed by atoms with Crippen molar-refractivity contribution in [3.63, 3.8) is 0 Å². The van der Waals surface area contributed by atoms with Crippen molar-refractivity contribution in [2.75, 3.05) is 0 Å². The Morgan fingerprint density at radius 2 is 2.06 bits per heavy atom. The number of carbonyl (C=O) groups excluding carboxylic acids is 1. The molecule has 0 aromatic rings. The molecule has 0 aliphatic heterocycles. The molecule has 1 atom stereocenters. The summed E-state index contributed by atoms with van der Waals surface area (Å²) in [6.45, 7) is 6.16. The number of fused-ring (bicyclic) bond motifs is 1. The van der Waals surface area contributed by atoms with Crippen molar-refractivity contribution in [3.8, 4) is 0 Å². The lowest BCUT2D eigenvalue weighted by Gasteiger charge is -2.31. The smallest absolute Gasteiger partial charge is 0.159 e. The van der Waals surface area contributed by atoms with Gasteiger partial charge in [-0.15, -0.1) is 0 Å². The van der Waals surface area contributed by atoms with Crippen molar-refractivity contribution in [2.24, 2.45) is 5.92 Å². The SMILES string of the molecule is CC(C)(C)OC1=CC=C2C(=O)CCCC2C1. The van der Waals surface area contributed by atoms with Crippen LogP contribution in [0.15, 0.2) is 23.5 Å². The molecule has 2 aliphatic rings. The van der Waals surface area contributed by atoms with Gasteiger partial charge in [-0.3, -0.25) is 4.79 Å². The van der Waals surface area contributed by atoms with Crippen LogP contribution in [0.5, 0.6) is 0 Å². The van der Waals surface area contributed by atoms with Gasteiger partial charge in [-0.2, -0.15) is 0 Å². The molecule has 2 aliphatic carbocycles. The molecule has 16 heavy (non-hydrogen) atoms. The first-order chi connectivity index (χ1) is 7.46. The molecule has 0 amide bonds. The second-order valence-electron chi connectivity index (χ2n) is 5.69. The largest absolute Gasteiger partial charge is 0.492 e. The molecule has 2 rings (SSSR count). The number of ether oxygens (including phenoxy) is 1. The normalized spacial score (nSPS) is 25.7. The average molecular weight is 220 g/mol. The van der Waals surface area contributed by atoms with Crippen molar-refractivity contribution >= 4 is 5.78 Å². The fraction of sp³-hybridized carbons (Fsp3) is 0.643. The Hall–Kier alpha value is -1.05. The summed E-state index contributed by atoms with van der Waals surface area (Å²) in [5, 5.41) is 0. The highest BCUT2D eigenvalue weighted by Crippen LogP contribution is 2.36. The van der Waals surface area contributed by atoms with Crippen LogP contribution in [0.25, 0.3) is 0 Å². The Balaban J connectivity index is 2.13. The van der Waals surface area contributed by atoms with Crippen molar-refractivity contribution in [1.29, 1.82) is 0 Å². The summed E-state index contributed by atoms with van der Waals surface area (Å²) in [5.41, 5.74) is 0.878. The summed E-state index contributed by atoms with van der Waals surface area (Å²) in [6, 6.07) is 0. The summed E-state index contributed by atoms with van der Waals surface area (Å²) < 4.78 is 5.87. The van der Waals surface area contributed by atoms with Gasteiger partial charge in [0, 0.05) is 12.8 Å². The van der Waals surface area contributed by atoms with E-state index in [0.29, 0.717) is 11.7 Å². The van der Waals surface area contributed by atoms with Gasteiger partial charge in [-0.1, -0.05) is 6.08 Å². The first kappa shape index (κ1) is 11.4.